The maximum Gasteiger partial charge on any atom is 0.196 e. The lowest BCUT2D eigenvalue weighted by Gasteiger charge is -2.27. The van der Waals surface area contributed by atoms with Crippen molar-refractivity contribution in [1.82, 2.24) is 0 Å². The van der Waals surface area contributed by atoms with E-state index in [0.717, 1.165) is 19.4 Å². The van der Waals surface area contributed by atoms with Gasteiger partial charge in [0.15, 0.2) is 11.7 Å². The Kier molecular flexibility index (Phi) is 10.8. The SMILES string of the molecule is C/C=C/C1CCC(CO/C(C)=C/C=C(C)/C(CC)=C(F)/C(F)=C(\C)OC)OC1. The lowest BCUT2D eigenvalue weighted by Crippen LogP contribution is -2.28. The second-order valence-electron chi connectivity index (χ2n) is 6.98. The molecule has 3 nitrogen and oxygen atoms in total. The summed E-state index contributed by atoms with van der Waals surface area (Å²) in [5.41, 5.74) is 0.952. The number of allylic oxidation sites excluding steroid dienone is 9. The highest BCUT2D eigenvalue weighted by atomic mass is 19.2. The normalized spacial score (nSPS) is 23.4. The zero-order valence-corrected chi connectivity index (χ0v) is 18.0. The third-order valence-electron chi connectivity index (χ3n) is 4.84. The minimum Gasteiger partial charge on any atom is -0.498 e. The largest absolute Gasteiger partial charge is 0.498 e. The number of hydrogen-bond donors (Lipinski definition) is 0. The molecule has 0 aromatic rings. The van der Waals surface area contributed by atoms with E-state index in [-0.39, 0.29) is 11.9 Å². The summed E-state index contributed by atoms with van der Waals surface area (Å²) in [6.45, 7) is 10.0. The fourth-order valence-corrected chi connectivity index (χ4v) is 2.98. The molecule has 28 heavy (non-hydrogen) atoms. The van der Waals surface area contributed by atoms with E-state index in [1.807, 2.05) is 13.8 Å². The van der Waals surface area contributed by atoms with Crippen LogP contribution in [0.15, 0.2) is 58.6 Å². The van der Waals surface area contributed by atoms with Crippen LogP contribution in [0.3, 0.4) is 0 Å². The van der Waals surface area contributed by atoms with E-state index in [2.05, 4.69) is 12.2 Å². The second kappa shape index (κ2) is 12.6. The first-order valence-electron chi connectivity index (χ1n) is 9.86. The van der Waals surface area contributed by atoms with Crippen molar-refractivity contribution in [2.45, 2.75) is 60.0 Å². The predicted molar refractivity (Wildman–Crippen MR) is 110 cm³/mol. The average Bonchev–Trinajstić information content (AvgIpc) is 2.71. The standard InChI is InChI=1S/C23H34F2O3/c1-7-9-19-12-13-20(28-14-19)15-27-17(4)11-10-16(3)21(8-2)23(25)22(24)18(5)26-6/h7,9-11,19-20H,8,12-15H2,1-6H3/b9-7+,16-10+,17-11+,22-18-,23-21-. The first kappa shape index (κ1) is 24.2. The molecule has 1 saturated heterocycles. The van der Waals surface area contributed by atoms with Crippen LogP contribution in [0.2, 0.25) is 0 Å². The van der Waals surface area contributed by atoms with E-state index >= 15 is 0 Å². The smallest absolute Gasteiger partial charge is 0.196 e. The first-order valence-corrected chi connectivity index (χ1v) is 9.86. The molecule has 0 amide bonds. The highest BCUT2D eigenvalue weighted by Gasteiger charge is 2.20. The summed E-state index contributed by atoms with van der Waals surface area (Å²) in [4.78, 5) is 0. The molecule has 2 atom stereocenters. The van der Waals surface area contributed by atoms with Crippen LogP contribution < -0.4 is 0 Å². The minimum atomic E-state index is -0.963. The average molecular weight is 397 g/mol. The van der Waals surface area contributed by atoms with Crippen LogP contribution >= 0.6 is 0 Å². The van der Waals surface area contributed by atoms with Gasteiger partial charge in [-0.05, 0) is 64.2 Å². The molecule has 0 aromatic heterocycles. The monoisotopic (exact) mass is 396 g/mol. The van der Waals surface area contributed by atoms with Gasteiger partial charge in [0.1, 0.15) is 12.4 Å². The Morgan fingerprint density at radius 1 is 1.11 bits per heavy atom. The summed E-state index contributed by atoms with van der Waals surface area (Å²) in [5.74, 6) is -0.716. The Bertz CT molecular complexity index is 649. The summed E-state index contributed by atoms with van der Waals surface area (Å²) in [7, 11) is 1.32. The fraction of sp³-hybridized carbons (Fsp3) is 0.565. The van der Waals surface area contributed by atoms with Crippen molar-refractivity contribution >= 4 is 0 Å². The molecule has 5 heteroatoms. The van der Waals surface area contributed by atoms with E-state index in [4.69, 9.17) is 14.2 Å². The van der Waals surface area contributed by atoms with Crippen LogP contribution in [0, 0.1) is 5.92 Å². The number of methoxy groups -OCH3 is 1. The van der Waals surface area contributed by atoms with Crippen LogP contribution in [-0.2, 0) is 14.2 Å². The van der Waals surface area contributed by atoms with Gasteiger partial charge in [-0.15, -0.1) is 0 Å². The quantitative estimate of drug-likeness (QED) is 0.246. The Morgan fingerprint density at radius 3 is 2.36 bits per heavy atom. The third-order valence-corrected chi connectivity index (χ3v) is 4.84. The van der Waals surface area contributed by atoms with Gasteiger partial charge in [-0.2, -0.15) is 0 Å². The summed E-state index contributed by atoms with van der Waals surface area (Å²) in [6.07, 6.45) is 10.3. The molecule has 158 valence electrons. The molecular weight excluding hydrogens is 362 g/mol. The highest BCUT2D eigenvalue weighted by Crippen LogP contribution is 2.28. The van der Waals surface area contributed by atoms with Crippen molar-refractivity contribution < 1.29 is 23.0 Å². The summed E-state index contributed by atoms with van der Waals surface area (Å²) >= 11 is 0. The Hall–Kier alpha value is -1.88. The van der Waals surface area contributed by atoms with Crippen molar-refractivity contribution in [3.8, 4) is 0 Å². The van der Waals surface area contributed by atoms with Crippen molar-refractivity contribution in [1.29, 1.82) is 0 Å². The predicted octanol–water partition coefficient (Wildman–Crippen LogP) is 6.71. The molecule has 0 spiro atoms. The summed E-state index contributed by atoms with van der Waals surface area (Å²) in [6, 6.07) is 0. The molecule has 1 fully saturated rings. The van der Waals surface area contributed by atoms with Crippen LogP contribution in [0.25, 0.3) is 0 Å². The van der Waals surface area contributed by atoms with Crippen molar-refractivity contribution in [2.24, 2.45) is 5.92 Å². The first-order chi connectivity index (χ1) is 13.3. The zero-order valence-electron chi connectivity index (χ0n) is 18.0. The van der Waals surface area contributed by atoms with Crippen LogP contribution in [0.1, 0.15) is 53.9 Å². The number of rotatable bonds is 9. The molecule has 0 saturated carbocycles. The van der Waals surface area contributed by atoms with Gasteiger partial charge in [-0.25, -0.2) is 8.78 Å². The number of ether oxygens (including phenoxy) is 3. The molecule has 0 N–H and O–H groups in total. The molecular formula is C23H34F2O3. The van der Waals surface area contributed by atoms with Gasteiger partial charge in [0.2, 0.25) is 0 Å². The van der Waals surface area contributed by atoms with Crippen molar-refractivity contribution in [3.05, 3.63) is 58.6 Å². The van der Waals surface area contributed by atoms with Crippen molar-refractivity contribution in [2.75, 3.05) is 20.3 Å². The minimum absolute atomic E-state index is 0.0737. The molecule has 0 bridgehead atoms. The molecule has 1 aliphatic heterocycles. The van der Waals surface area contributed by atoms with E-state index in [0.29, 0.717) is 35.9 Å². The van der Waals surface area contributed by atoms with E-state index in [1.165, 1.54) is 14.0 Å². The van der Waals surface area contributed by atoms with E-state index in [1.54, 1.807) is 26.0 Å². The molecule has 0 aliphatic carbocycles. The maximum absolute atomic E-state index is 14.4. The van der Waals surface area contributed by atoms with Crippen molar-refractivity contribution in [3.63, 3.8) is 0 Å². The van der Waals surface area contributed by atoms with Crippen LogP contribution in [0.4, 0.5) is 8.78 Å². The molecule has 0 radical (unpaired) electrons. The van der Waals surface area contributed by atoms with Gasteiger partial charge in [0.25, 0.3) is 0 Å². The summed E-state index contributed by atoms with van der Waals surface area (Å²) in [5, 5.41) is 0. The summed E-state index contributed by atoms with van der Waals surface area (Å²) < 4.78 is 44.8. The number of halogens is 2. The molecule has 1 rings (SSSR count). The van der Waals surface area contributed by atoms with Gasteiger partial charge < -0.3 is 14.2 Å². The fourth-order valence-electron chi connectivity index (χ4n) is 2.98. The van der Waals surface area contributed by atoms with Gasteiger partial charge in [0.05, 0.1) is 25.6 Å². The second-order valence-corrected chi connectivity index (χ2v) is 6.98. The molecule has 2 unspecified atom stereocenters. The van der Waals surface area contributed by atoms with Crippen LogP contribution in [0.5, 0.6) is 0 Å². The number of hydrogen-bond acceptors (Lipinski definition) is 3. The maximum atomic E-state index is 14.4. The Morgan fingerprint density at radius 2 is 1.82 bits per heavy atom. The van der Waals surface area contributed by atoms with E-state index in [9.17, 15) is 8.78 Å². The lowest BCUT2D eigenvalue weighted by atomic mass is 9.98. The van der Waals surface area contributed by atoms with Gasteiger partial charge >= 0.3 is 0 Å². The molecule has 0 aromatic carbocycles. The Labute approximate surface area is 168 Å². The highest BCUT2D eigenvalue weighted by molar-refractivity contribution is 5.40. The topological polar surface area (TPSA) is 27.7 Å². The van der Waals surface area contributed by atoms with E-state index < -0.39 is 11.7 Å². The van der Waals surface area contributed by atoms with Crippen LogP contribution in [-0.4, -0.2) is 26.4 Å². The zero-order chi connectivity index (χ0) is 21.1. The molecule has 1 heterocycles. The molecule has 1 aliphatic rings. The van der Waals surface area contributed by atoms with Gasteiger partial charge in [0, 0.05) is 5.92 Å². The Balaban J connectivity index is 2.70. The lowest BCUT2D eigenvalue weighted by molar-refractivity contribution is -0.0402. The third kappa shape index (κ3) is 7.63. The van der Waals surface area contributed by atoms with Gasteiger partial charge in [-0.3, -0.25) is 0 Å². The van der Waals surface area contributed by atoms with Gasteiger partial charge in [-0.1, -0.05) is 25.2 Å².